The van der Waals surface area contributed by atoms with Crippen molar-refractivity contribution in [3.63, 3.8) is 0 Å². The van der Waals surface area contributed by atoms with Gasteiger partial charge in [0.05, 0.1) is 5.56 Å². The topological polar surface area (TPSA) is 72.5 Å². The number of halogens is 3. The molecule has 27 heavy (non-hydrogen) atoms. The van der Waals surface area contributed by atoms with E-state index in [1.54, 1.807) is 31.2 Å². The Hall–Kier alpha value is -3.16. The molecule has 2 rings (SSSR count). The van der Waals surface area contributed by atoms with Gasteiger partial charge in [-0.15, -0.1) is 0 Å². The van der Waals surface area contributed by atoms with E-state index in [9.17, 15) is 27.6 Å². The Balaban J connectivity index is 1.86. The van der Waals surface area contributed by atoms with Crippen LogP contribution in [0.3, 0.4) is 0 Å². The number of nitrogens with one attached hydrogen (secondary N) is 1. The van der Waals surface area contributed by atoms with E-state index < -0.39 is 42.6 Å². The smallest absolute Gasteiger partial charge is 0.416 e. The molecule has 5 nitrogen and oxygen atoms in total. The minimum Gasteiger partial charge on any atom is -0.456 e. The first kappa shape index (κ1) is 20.2. The minimum absolute atomic E-state index is 0.221. The zero-order chi connectivity index (χ0) is 20.0. The van der Waals surface area contributed by atoms with E-state index in [1.165, 1.54) is 6.07 Å². The Morgan fingerprint density at radius 3 is 2.41 bits per heavy atom. The van der Waals surface area contributed by atoms with Crippen LogP contribution in [0.15, 0.2) is 48.5 Å². The minimum atomic E-state index is -4.58. The van der Waals surface area contributed by atoms with Crippen LogP contribution >= 0.6 is 0 Å². The lowest BCUT2D eigenvalue weighted by molar-refractivity contribution is -0.141. The average Bonchev–Trinajstić information content (AvgIpc) is 2.64. The number of Topliss-reactive ketones (excluding diaryl/α,β-unsaturated/α-hetero) is 1. The lowest BCUT2D eigenvalue weighted by Crippen LogP contribution is -2.31. The SMILES string of the molecule is Cc1ccccc1C(=O)NCC(=O)OCC(=O)c1cccc(C(F)(F)F)c1. The van der Waals surface area contributed by atoms with Gasteiger partial charge in [0.2, 0.25) is 0 Å². The van der Waals surface area contributed by atoms with E-state index in [2.05, 4.69) is 5.32 Å². The summed E-state index contributed by atoms with van der Waals surface area (Å²) in [6.45, 7) is 0.546. The summed E-state index contributed by atoms with van der Waals surface area (Å²) in [6, 6.07) is 10.6. The molecular formula is C19H16F3NO4. The fraction of sp³-hybridized carbons (Fsp3) is 0.211. The zero-order valence-corrected chi connectivity index (χ0v) is 14.3. The maximum absolute atomic E-state index is 12.7. The van der Waals surface area contributed by atoms with Gasteiger partial charge in [-0.05, 0) is 30.7 Å². The Morgan fingerprint density at radius 1 is 1.04 bits per heavy atom. The highest BCUT2D eigenvalue weighted by Gasteiger charge is 2.30. The van der Waals surface area contributed by atoms with Gasteiger partial charge in [0, 0.05) is 11.1 Å². The van der Waals surface area contributed by atoms with Gasteiger partial charge in [-0.1, -0.05) is 30.3 Å². The molecule has 0 atom stereocenters. The van der Waals surface area contributed by atoms with Gasteiger partial charge >= 0.3 is 12.1 Å². The van der Waals surface area contributed by atoms with E-state index in [0.717, 1.165) is 17.7 Å². The standard InChI is InChI=1S/C19H16F3NO4/c1-12-5-2-3-8-15(12)18(26)23-10-17(25)27-11-16(24)13-6-4-7-14(9-13)19(20,21)22/h2-9H,10-11H2,1H3,(H,23,26). The number of alkyl halides is 3. The van der Waals surface area contributed by atoms with Crippen molar-refractivity contribution in [3.8, 4) is 0 Å². The first-order valence-electron chi connectivity index (χ1n) is 7.88. The van der Waals surface area contributed by atoms with Gasteiger partial charge in [0.15, 0.2) is 12.4 Å². The first-order valence-corrected chi connectivity index (χ1v) is 7.88. The number of esters is 1. The Morgan fingerprint density at radius 2 is 1.74 bits per heavy atom. The number of aryl methyl sites for hydroxylation is 1. The van der Waals surface area contributed by atoms with E-state index in [0.29, 0.717) is 11.6 Å². The predicted molar refractivity (Wildman–Crippen MR) is 90.2 cm³/mol. The van der Waals surface area contributed by atoms with Crippen LogP contribution in [0.5, 0.6) is 0 Å². The molecule has 2 aromatic carbocycles. The third kappa shape index (κ3) is 5.67. The van der Waals surface area contributed by atoms with Gasteiger partial charge in [-0.2, -0.15) is 13.2 Å². The zero-order valence-electron chi connectivity index (χ0n) is 14.3. The second kappa shape index (κ2) is 8.48. The average molecular weight is 379 g/mol. The molecule has 0 heterocycles. The number of carbonyl (C=O) groups excluding carboxylic acids is 3. The number of amides is 1. The van der Waals surface area contributed by atoms with E-state index in [1.807, 2.05) is 0 Å². The molecule has 1 N–H and O–H groups in total. The molecule has 0 fully saturated rings. The number of benzene rings is 2. The van der Waals surface area contributed by atoms with Crippen LogP contribution in [0.1, 0.15) is 31.8 Å². The molecule has 0 aromatic heterocycles. The van der Waals surface area contributed by atoms with Crippen LogP contribution in [-0.2, 0) is 15.7 Å². The summed E-state index contributed by atoms with van der Waals surface area (Å²) in [5, 5.41) is 2.36. The third-order valence-corrected chi connectivity index (χ3v) is 3.66. The summed E-state index contributed by atoms with van der Waals surface area (Å²) < 4.78 is 42.7. The lowest BCUT2D eigenvalue weighted by Gasteiger charge is -2.09. The summed E-state index contributed by atoms with van der Waals surface area (Å²) in [7, 11) is 0. The molecule has 1 amide bonds. The van der Waals surface area contributed by atoms with Crippen molar-refractivity contribution >= 4 is 17.7 Å². The van der Waals surface area contributed by atoms with E-state index in [4.69, 9.17) is 4.74 Å². The second-order valence-corrected chi connectivity index (χ2v) is 5.66. The van der Waals surface area contributed by atoms with Crippen molar-refractivity contribution in [1.29, 1.82) is 0 Å². The highest BCUT2D eigenvalue weighted by molar-refractivity contribution is 5.99. The number of carbonyl (C=O) groups is 3. The van der Waals surface area contributed by atoms with Gasteiger partial charge in [0.1, 0.15) is 6.54 Å². The van der Waals surface area contributed by atoms with Crippen molar-refractivity contribution in [2.24, 2.45) is 0 Å². The van der Waals surface area contributed by atoms with Crippen molar-refractivity contribution in [3.05, 3.63) is 70.8 Å². The number of ketones is 1. The first-order chi connectivity index (χ1) is 12.7. The Kier molecular flexibility index (Phi) is 6.33. The van der Waals surface area contributed by atoms with Gasteiger partial charge in [-0.25, -0.2) is 0 Å². The van der Waals surface area contributed by atoms with Crippen LogP contribution in [0, 0.1) is 6.92 Å². The van der Waals surface area contributed by atoms with Crippen molar-refractivity contribution in [1.82, 2.24) is 5.32 Å². The van der Waals surface area contributed by atoms with Crippen LogP contribution < -0.4 is 5.32 Å². The van der Waals surface area contributed by atoms with Gasteiger partial charge < -0.3 is 10.1 Å². The summed E-state index contributed by atoms with van der Waals surface area (Å²) in [5.41, 5.74) is -0.0693. The molecule has 0 aliphatic rings. The van der Waals surface area contributed by atoms with Gasteiger partial charge in [0.25, 0.3) is 5.91 Å². The molecule has 8 heteroatoms. The van der Waals surface area contributed by atoms with E-state index >= 15 is 0 Å². The fourth-order valence-corrected chi connectivity index (χ4v) is 2.22. The van der Waals surface area contributed by atoms with Crippen LogP contribution in [0.2, 0.25) is 0 Å². The Labute approximate surface area is 153 Å². The number of hydrogen-bond donors (Lipinski definition) is 1. The summed E-state index contributed by atoms with van der Waals surface area (Å²) >= 11 is 0. The maximum atomic E-state index is 12.7. The molecular weight excluding hydrogens is 363 g/mol. The number of hydrogen-bond acceptors (Lipinski definition) is 4. The Bertz CT molecular complexity index is 862. The number of ether oxygens (including phenoxy) is 1. The predicted octanol–water partition coefficient (Wildman–Crippen LogP) is 3.17. The fourth-order valence-electron chi connectivity index (χ4n) is 2.22. The molecule has 142 valence electrons. The molecule has 0 saturated heterocycles. The van der Waals surface area contributed by atoms with Gasteiger partial charge in [-0.3, -0.25) is 14.4 Å². The van der Waals surface area contributed by atoms with Crippen LogP contribution in [0.4, 0.5) is 13.2 Å². The number of rotatable bonds is 6. The van der Waals surface area contributed by atoms with Crippen molar-refractivity contribution in [2.45, 2.75) is 13.1 Å². The highest BCUT2D eigenvalue weighted by atomic mass is 19.4. The third-order valence-electron chi connectivity index (χ3n) is 3.66. The molecule has 0 aliphatic carbocycles. The summed E-state index contributed by atoms with van der Waals surface area (Å²) in [5.74, 6) is -2.13. The molecule has 0 unspecified atom stereocenters. The van der Waals surface area contributed by atoms with Crippen LogP contribution in [-0.4, -0.2) is 30.8 Å². The largest absolute Gasteiger partial charge is 0.456 e. The summed E-state index contributed by atoms with van der Waals surface area (Å²) in [4.78, 5) is 35.5. The molecule has 0 aliphatic heterocycles. The molecule has 0 spiro atoms. The molecule has 0 bridgehead atoms. The molecule has 0 radical (unpaired) electrons. The van der Waals surface area contributed by atoms with Crippen molar-refractivity contribution < 1.29 is 32.3 Å². The van der Waals surface area contributed by atoms with Crippen LogP contribution in [0.25, 0.3) is 0 Å². The molecule has 2 aromatic rings. The quantitative estimate of drug-likeness (QED) is 0.618. The lowest BCUT2D eigenvalue weighted by atomic mass is 10.1. The monoisotopic (exact) mass is 379 g/mol. The highest BCUT2D eigenvalue weighted by Crippen LogP contribution is 2.29. The summed E-state index contributed by atoms with van der Waals surface area (Å²) in [6.07, 6.45) is -4.58. The maximum Gasteiger partial charge on any atom is 0.416 e. The molecule has 0 saturated carbocycles. The second-order valence-electron chi connectivity index (χ2n) is 5.66. The van der Waals surface area contributed by atoms with E-state index in [-0.39, 0.29) is 5.56 Å². The normalized spacial score (nSPS) is 11.0. The van der Waals surface area contributed by atoms with Crippen molar-refractivity contribution in [2.75, 3.05) is 13.2 Å².